The molecule has 1 aliphatic heterocycles. The Morgan fingerprint density at radius 2 is 1.74 bits per heavy atom. The maximum atomic E-state index is 15.2. The quantitative estimate of drug-likeness (QED) is 0.298. The molecule has 0 amide bonds. The number of rotatable bonds is 7. The predicted octanol–water partition coefficient (Wildman–Crippen LogP) is 6.52. The molecule has 14 heteroatoms. The van der Waals surface area contributed by atoms with Crippen molar-refractivity contribution in [3.05, 3.63) is 83.2 Å². The summed E-state index contributed by atoms with van der Waals surface area (Å²) < 4.78 is 111. The van der Waals surface area contributed by atoms with E-state index in [1.807, 2.05) is 0 Å². The first kappa shape index (κ1) is 32.0. The maximum Gasteiger partial charge on any atom is 0.419 e. The SMILES string of the molecule is Cl.O=S(=O)(Cc1ccncn1)c1cc(F)c(N[C@H]2CC[C@H](c3cccc(C(F)(F)F)c3F)C[C@@H]2N2CCCC2)cc1F. The predicted molar refractivity (Wildman–Crippen MR) is 147 cm³/mol. The zero-order chi connectivity index (χ0) is 29.4. The average molecular weight is 635 g/mol. The first-order valence-corrected chi connectivity index (χ1v) is 14.9. The molecule has 0 radical (unpaired) electrons. The van der Waals surface area contributed by atoms with Gasteiger partial charge >= 0.3 is 6.18 Å². The van der Waals surface area contributed by atoms with E-state index >= 15 is 8.78 Å². The molecule has 1 saturated carbocycles. The van der Waals surface area contributed by atoms with Gasteiger partial charge in [-0.1, -0.05) is 12.1 Å². The smallest absolute Gasteiger partial charge is 0.378 e. The minimum Gasteiger partial charge on any atom is -0.378 e. The van der Waals surface area contributed by atoms with Crippen LogP contribution in [0.5, 0.6) is 0 Å². The summed E-state index contributed by atoms with van der Waals surface area (Å²) in [4.78, 5) is 8.89. The van der Waals surface area contributed by atoms with Crippen LogP contribution in [0.15, 0.2) is 53.8 Å². The van der Waals surface area contributed by atoms with Crippen LogP contribution in [0, 0.1) is 17.5 Å². The minimum absolute atomic E-state index is 0. The van der Waals surface area contributed by atoms with Crippen molar-refractivity contribution in [1.82, 2.24) is 14.9 Å². The standard InChI is InChI=1S/C28H28F6N4O2S.ClH/c29-21-14-26(41(39,40)15-18-8-9-35-16-36-18)22(30)13-24(21)37-23-7-6-17(12-25(23)38-10-1-2-11-38)19-4-3-5-20(27(19)31)28(32,33)34;/h3-5,8-9,13-14,16-17,23,25,37H,1-2,6-7,10-12,15H2;1H/t17-,23-,25-;/m0./s1. The zero-order valence-electron chi connectivity index (χ0n) is 22.3. The van der Waals surface area contributed by atoms with E-state index in [0.29, 0.717) is 25.3 Å². The molecule has 2 aromatic carbocycles. The highest BCUT2D eigenvalue weighted by molar-refractivity contribution is 7.90. The van der Waals surface area contributed by atoms with Crippen LogP contribution in [0.1, 0.15) is 54.8 Å². The van der Waals surface area contributed by atoms with Crippen LogP contribution in [0.3, 0.4) is 0 Å². The fourth-order valence-corrected chi connectivity index (χ4v) is 7.27. The molecule has 2 aliphatic rings. The Bertz CT molecular complexity index is 1500. The molecule has 3 atom stereocenters. The summed E-state index contributed by atoms with van der Waals surface area (Å²) in [5, 5.41) is 3.02. The largest absolute Gasteiger partial charge is 0.419 e. The van der Waals surface area contributed by atoms with Crippen molar-refractivity contribution in [3.8, 4) is 0 Å². The molecule has 228 valence electrons. The molecule has 1 N–H and O–H groups in total. The summed E-state index contributed by atoms with van der Waals surface area (Å²) in [5.74, 6) is -4.48. The second-order valence-electron chi connectivity index (χ2n) is 10.5. The van der Waals surface area contributed by atoms with E-state index < -0.39 is 61.6 Å². The first-order valence-electron chi connectivity index (χ1n) is 13.3. The first-order chi connectivity index (χ1) is 19.4. The molecule has 2 heterocycles. The molecule has 6 nitrogen and oxygen atoms in total. The van der Waals surface area contributed by atoms with Gasteiger partial charge in [0.05, 0.1) is 22.7 Å². The molecule has 0 spiro atoms. The van der Waals surface area contributed by atoms with Crippen LogP contribution in [-0.2, 0) is 21.8 Å². The number of anilines is 1. The number of aromatic nitrogens is 2. The van der Waals surface area contributed by atoms with Crippen LogP contribution in [0.2, 0.25) is 0 Å². The second kappa shape index (κ2) is 12.8. The van der Waals surface area contributed by atoms with Crippen LogP contribution in [0.4, 0.5) is 32.0 Å². The fourth-order valence-electron chi connectivity index (χ4n) is 5.91. The third-order valence-corrected chi connectivity index (χ3v) is 9.54. The van der Waals surface area contributed by atoms with Gasteiger partial charge in [0.15, 0.2) is 9.84 Å². The van der Waals surface area contributed by atoms with Gasteiger partial charge in [-0.3, -0.25) is 4.90 Å². The van der Waals surface area contributed by atoms with Gasteiger partial charge in [-0.25, -0.2) is 31.6 Å². The highest BCUT2D eigenvalue weighted by Gasteiger charge is 2.40. The lowest BCUT2D eigenvalue weighted by molar-refractivity contribution is -0.140. The molecular formula is C28H29ClF6N4O2S. The molecule has 2 fully saturated rings. The monoisotopic (exact) mass is 634 g/mol. The van der Waals surface area contributed by atoms with E-state index in [4.69, 9.17) is 0 Å². The average Bonchev–Trinajstić information content (AvgIpc) is 3.45. The van der Waals surface area contributed by atoms with Gasteiger partial charge < -0.3 is 5.32 Å². The van der Waals surface area contributed by atoms with Gasteiger partial charge in [-0.05, 0) is 74.9 Å². The van der Waals surface area contributed by atoms with E-state index in [0.717, 1.165) is 44.4 Å². The van der Waals surface area contributed by atoms with Crippen molar-refractivity contribution in [1.29, 1.82) is 0 Å². The van der Waals surface area contributed by atoms with Gasteiger partial charge in [-0.2, -0.15) is 13.2 Å². The summed E-state index contributed by atoms with van der Waals surface area (Å²) in [6.07, 6.45) is 0.512. The summed E-state index contributed by atoms with van der Waals surface area (Å²) >= 11 is 0. The maximum absolute atomic E-state index is 15.2. The minimum atomic E-state index is -4.82. The van der Waals surface area contributed by atoms with Crippen LogP contribution in [-0.4, -0.2) is 48.5 Å². The second-order valence-corrected chi connectivity index (χ2v) is 12.5. The van der Waals surface area contributed by atoms with Crippen LogP contribution in [0.25, 0.3) is 0 Å². The number of sulfone groups is 1. The van der Waals surface area contributed by atoms with E-state index in [1.165, 1.54) is 24.4 Å². The summed E-state index contributed by atoms with van der Waals surface area (Å²) in [5.41, 5.74) is -1.40. The van der Waals surface area contributed by atoms with Crippen molar-refractivity contribution in [2.75, 3.05) is 18.4 Å². The fraction of sp³-hybridized carbons (Fsp3) is 0.429. The Morgan fingerprint density at radius 1 is 1.00 bits per heavy atom. The zero-order valence-corrected chi connectivity index (χ0v) is 23.9. The van der Waals surface area contributed by atoms with Gasteiger partial charge in [0.2, 0.25) is 0 Å². The normalized spacial score (nSPS) is 21.6. The van der Waals surface area contributed by atoms with E-state index in [9.17, 15) is 26.0 Å². The van der Waals surface area contributed by atoms with Crippen LogP contribution >= 0.6 is 12.4 Å². The van der Waals surface area contributed by atoms with Gasteiger partial charge in [0.25, 0.3) is 0 Å². The van der Waals surface area contributed by atoms with Crippen molar-refractivity contribution in [2.24, 2.45) is 0 Å². The Balaban J connectivity index is 0.00000405. The molecule has 1 aliphatic carbocycles. The van der Waals surface area contributed by atoms with Crippen molar-refractivity contribution < 1.29 is 34.8 Å². The van der Waals surface area contributed by atoms with Crippen molar-refractivity contribution in [2.45, 2.75) is 66.9 Å². The molecule has 3 aromatic rings. The Morgan fingerprint density at radius 3 is 2.40 bits per heavy atom. The molecule has 1 aromatic heterocycles. The van der Waals surface area contributed by atoms with Crippen molar-refractivity contribution in [3.63, 3.8) is 0 Å². The highest BCUT2D eigenvalue weighted by atomic mass is 35.5. The third-order valence-electron chi connectivity index (χ3n) is 7.88. The number of halogens is 7. The molecule has 5 rings (SSSR count). The number of nitrogens with one attached hydrogen (secondary N) is 1. The Hall–Kier alpha value is -2.90. The lowest BCUT2D eigenvalue weighted by atomic mass is 9.77. The number of likely N-dealkylation sites (tertiary alicyclic amines) is 1. The molecule has 0 bridgehead atoms. The number of hydrogen-bond acceptors (Lipinski definition) is 6. The summed E-state index contributed by atoms with van der Waals surface area (Å²) in [7, 11) is -4.25. The summed E-state index contributed by atoms with van der Waals surface area (Å²) in [6.45, 7) is 1.44. The third kappa shape index (κ3) is 6.84. The van der Waals surface area contributed by atoms with Gasteiger partial charge in [0, 0.05) is 24.3 Å². The topological polar surface area (TPSA) is 75.2 Å². The Labute approximate surface area is 245 Å². The number of alkyl halides is 3. The van der Waals surface area contributed by atoms with Crippen LogP contribution < -0.4 is 5.32 Å². The molecule has 42 heavy (non-hydrogen) atoms. The van der Waals surface area contributed by atoms with E-state index in [1.54, 1.807) is 0 Å². The lowest BCUT2D eigenvalue weighted by Gasteiger charge is -2.42. The number of benzene rings is 2. The van der Waals surface area contributed by atoms with E-state index in [-0.39, 0.29) is 35.4 Å². The van der Waals surface area contributed by atoms with Crippen molar-refractivity contribution >= 4 is 27.9 Å². The van der Waals surface area contributed by atoms with Gasteiger partial charge in [-0.15, -0.1) is 12.4 Å². The summed E-state index contributed by atoms with van der Waals surface area (Å²) in [6, 6.07) is 5.41. The van der Waals surface area contributed by atoms with Gasteiger partial charge in [0.1, 0.15) is 28.7 Å². The number of hydrogen-bond donors (Lipinski definition) is 1. The Kier molecular flexibility index (Phi) is 9.73. The lowest BCUT2D eigenvalue weighted by Crippen LogP contribution is -2.49. The molecule has 1 saturated heterocycles. The molecule has 0 unspecified atom stereocenters. The van der Waals surface area contributed by atoms with E-state index in [2.05, 4.69) is 20.2 Å². The molecular weight excluding hydrogens is 606 g/mol. The number of nitrogens with zero attached hydrogens (tertiary/aromatic N) is 3. The highest BCUT2D eigenvalue weighted by Crippen LogP contribution is 2.41.